The Morgan fingerprint density at radius 2 is 1.17 bits per heavy atom. The minimum Gasteiger partial charge on any atom is -0.390 e. The van der Waals surface area contributed by atoms with Crippen LogP contribution in [0.25, 0.3) is 22.5 Å². The van der Waals surface area contributed by atoms with Crippen molar-refractivity contribution in [2.45, 2.75) is 165 Å². The second-order valence-corrected chi connectivity index (χ2v) is 32.5. The summed E-state index contributed by atoms with van der Waals surface area (Å²) >= 11 is 15.7. The van der Waals surface area contributed by atoms with Crippen molar-refractivity contribution in [1.82, 2.24) is 20.3 Å². The van der Waals surface area contributed by atoms with E-state index in [1.54, 1.807) is 4.90 Å². The first-order valence-electron chi connectivity index (χ1n) is 30.6. The zero-order valence-electron chi connectivity index (χ0n) is 51.3. The maximum atomic E-state index is 14.1. The van der Waals surface area contributed by atoms with Gasteiger partial charge in [-0.25, -0.2) is 9.25 Å². The van der Waals surface area contributed by atoms with E-state index in [0.717, 1.165) is 22.4 Å². The molecule has 4 saturated heterocycles. The lowest BCUT2D eigenvalue weighted by atomic mass is 9.95. The molecule has 6 unspecified atom stereocenters. The summed E-state index contributed by atoms with van der Waals surface area (Å²) in [5.74, 6) is -1.36. The van der Waals surface area contributed by atoms with Crippen LogP contribution in [0.4, 0.5) is 5.69 Å². The van der Waals surface area contributed by atoms with Gasteiger partial charge in [0, 0.05) is 115 Å². The minimum absolute atomic E-state index is 0.0113. The number of aliphatic hydroxyl groups excluding tert-OH is 1. The Bertz CT molecular complexity index is 3210. The van der Waals surface area contributed by atoms with Gasteiger partial charge in [0.1, 0.15) is 41.7 Å². The van der Waals surface area contributed by atoms with Gasteiger partial charge in [-0.05, 0) is 79.2 Å². The summed E-state index contributed by atoms with van der Waals surface area (Å²) in [5, 5.41) is 21.9. The average Bonchev–Trinajstić information content (AvgIpc) is 1.32. The number of hydrogen-bond acceptors (Lipinski definition) is 25. The molecule has 6 heterocycles. The number of Topliss-reactive ketones (excluding diaryl/α,β-unsaturated/α-hetero) is 2. The van der Waals surface area contributed by atoms with Crippen molar-refractivity contribution in [2.24, 2.45) is 5.73 Å². The third-order valence-corrected chi connectivity index (χ3v) is 21.4. The largest absolute Gasteiger partial charge is 0.472 e. The number of unbranched alkanes of at least 4 members (excludes halogenated alkanes) is 1. The van der Waals surface area contributed by atoms with Crippen LogP contribution >= 0.6 is 28.0 Å². The lowest BCUT2D eigenvalue weighted by Crippen LogP contribution is -2.36. The van der Waals surface area contributed by atoms with Gasteiger partial charge < -0.3 is 91.5 Å². The molecule has 13 atom stereocenters. The van der Waals surface area contributed by atoms with Gasteiger partial charge in [0.05, 0.1) is 88.6 Å². The van der Waals surface area contributed by atoms with Crippen LogP contribution in [0.3, 0.4) is 0 Å². The van der Waals surface area contributed by atoms with E-state index in [4.69, 9.17) is 101 Å². The SMILES string of the molecule is CC(=O)N[C@H](CCCCn1nnc2c1-c1ccccc1CN(C(=O)CCCC(=O)CCOCCC(=O)CCOP(=O)(O)OC[C@@H]1OCCC1OP(O)(=S)OC[C@H]1OCC[C@H]1OP(O)(=S)OC[C@@H]1OCCC1OP(O)(=S)OC[C@H]1OCC[C@H]1O)c1ccccc1-2)CC(N)=O. The highest BCUT2D eigenvalue weighted by Gasteiger charge is 2.42. The third-order valence-electron chi connectivity index (χ3n) is 15.7. The van der Waals surface area contributed by atoms with E-state index in [1.807, 2.05) is 53.2 Å². The smallest absolute Gasteiger partial charge is 0.390 e. The fourth-order valence-corrected chi connectivity index (χ4v) is 16.2. The molecule has 0 aliphatic carbocycles. The monoisotopic (exact) mass is 1440 g/mol. The van der Waals surface area contributed by atoms with E-state index in [0.29, 0.717) is 63.1 Å². The van der Waals surface area contributed by atoms with Crippen LogP contribution in [0.15, 0.2) is 48.5 Å². The van der Waals surface area contributed by atoms with Crippen LogP contribution in [-0.2, 0) is 137 Å². The number of anilines is 1. The van der Waals surface area contributed by atoms with Gasteiger partial charge in [-0.3, -0.25) is 33.0 Å². The zero-order valence-corrected chi connectivity index (χ0v) is 57.3. The maximum absolute atomic E-state index is 14.1. The molecule has 1 aromatic heterocycles. The number of benzene rings is 2. The number of ketones is 2. The van der Waals surface area contributed by atoms with E-state index < -0.39 is 95.9 Å². The van der Waals surface area contributed by atoms with Crippen LogP contribution in [-0.4, -0.2) is 197 Å². The van der Waals surface area contributed by atoms with E-state index in [2.05, 4.69) is 15.6 Å². The molecule has 0 spiro atoms. The molecule has 5 aliphatic rings. The van der Waals surface area contributed by atoms with Gasteiger partial charge in [-0.15, -0.1) is 5.10 Å². The molecule has 0 radical (unpaired) electrons. The summed E-state index contributed by atoms with van der Waals surface area (Å²) in [6.07, 6.45) is -3.06. The third kappa shape index (κ3) is 24.0. The first-order valence-corrected chi connectivity index (χ1v) is 39.9. The van der Waals surface area contributed by atoms with Crippen molar-refractivity contribution < 1.29 is 113 Å². The Hall–Kier alpha value is -3.21. The van der Waals surface area contributed by atoms with Crippen molar-refractivity contribution in [1.29, 1.82) is 0 Å². The van der Waals surface area contributed by atoms with Crippen molar-refractivity contribution in [2.75, 3.05) is 77.6 Å². The number of carbonyl (C=O) groups is 5. The lowest BCUT2D eigenvalue weighted by molar-refractivity contribution is -0.123. The molecule has 8 N–H and O–H groups in total. The Kier molecular flexibility index (Phi) is 29.3. The van der Waals surface area contributed by atoms with Crippen LogP contribution in [0, 0.1) is 0 Å². The number of ether oxygens (including phenoxy) is 5. The lowest BCUT2D eigenvalue weighted by Gasteiger charge is -2.28. The number of nitrogens with two attached hydrogens (primary N) is 1. The number of carbonyl (C=O) groups excluding carboxylic acids is 5. The first-order chi connectivity index (χ1) is 44.3. The summed E-state index contributed by atoms with van der Waals surface area (Å²) in [4.78, 5) is 108. The number of rotatable bonds is 40. The molecule has 0 bridgehead atoms. The highest BCUT2D eigenvalue weighted by atomic mass is 32.5. The number of fused-ring (bicyclic) bond motifs is 5. The highest BCUT2D eigenvalue weighted by molar-refractivity contribution is 8.07. The van der Waals surface area contributed by atoms with E-state index in [1.165, 1.54) is 6.92 Å². The predicted molar refractivity (Wildman–Crippen MR) is 343 cm³/mol. The highest BCUT2D eigenvalue weighted by Crippen LogP contribution is 2.52. The number of aliphatic hydroxyl groups is 1. The Morgan fingerprint density at radius 3 is 1.74 bits per heavy atom. The van der Waals surface area contributed by atoms with Gasteiger partial charge in [0.2, 0.25) is 17.7 Å². The molecule has 93 heavy (non-hydrogen) atoms. The quantitative estimate of drug-likeness (QED) is 0.0290. The summed E-state index contributed by atoms with van der Waals surface area (Å²) in [5.41, 5.74) is 9.96. The molecule has 5 aliphatic heterocycles. The number of aryl methyl sites for hydroxylation is 1. The second-order valence-electron chi connectivity index (χ2n) is 22.7. The molecule has 3 aromatic rings. The standard InChI is InChI=1S/C56H82N6O24P4S3/c1-37(63)58-39(31-53(57)67)10-6-7-23-62-56-42-12-3-2-9-38(42)32-61(44-14-5-4-13-43(44)55(56)59-60-62)54(68)15-8-11-40(64)16-24-74-25-17-41(65)18-30-79-87(69,70)80-34-50-46(20-27-76-50)84-89(72,92)82-36-52-48(22-29-78-52)86-90(73,93)83-35-51-47(21-28-77-51)85-88(71,91)81-33-49-45(66)19-26-75-49/h2-5,9,12-14,39,45-52,66H,6-8,10-11,15-36H2,1H3,(H2,57,67)(H,58,63)(H,69,70)(H,71,91)(H,72,92)(H,73,93)/t39-,45-,46?,47?,48-,49-,50+,51+,52-,88?,89?,90?/m1/s1. The first kappa shape index (κ1) is 75.6. The van der Waals surface area contributed by atoms with Gasteiger partial charge in [0.25, 0.3) is 0 Å². The summed E-state index contributed by atoms with van der Waals surface area (Å²) in [6, 6.07) is 14.9. The van der Waals surface area contributed by atoms with Gasteiger partial charge in [-0.1, -0.05) is 47.7 Å². The molecule has 0 saturated carbocycles. The number of para-hydroxylation sites is 1. The van der Waals surface area contributed by atoms with Crippen LogP contribution < -0.4 is 16.0 Å². The molecular weight excluding hydrogens is 1360 g/mol. The fraction of sp³-hybridized carbons (Fsp3) is 0.661. The maximum Gasteiger partial charge on any atom is 0.472 e. The van der Waals surface area contributed by atoms with E-state index in [9.17, 15) is 53.2 Å². The van der Waals surface area contributed by atoms with Crippen molar-refractivity contribution in [3.8, 4) is 22.5 Å². The van der Waals surface area contributed by atoms with Gasteiger partial charge in [-0.2, -0.15) is 0 Å². The number of nitrogens with one attached hydrogen (secondary N) is 1. The minimum atomic E-state index is -4.71. The van der Waals surface area contributed by atoms with E-state index in [-0.39, 0.29) is 140 Å². The number of hydrogen-bond donors (Lipinski definition) is 7. The van der Waals surface area contributed by atoms with Crippen LogP contribution in [0.5, 0.6) is 0 Å². The number of amides is 3. The van der Waals surface area contributed by atoms with Gasteiger partial charge >= 0.3 is 28.0 Å². The zero-order chi connectivity index (χ0) is 66.8. The second kappa shape index (κ2) is 36.0. The van der Waals surface area contributed by atoms with Gasteiger partial charge in [0.15, 0.2) is 0 Å². The summed E-state index contributed by atoms with van der Waals surface area (Å²) in [6.45, 7) is -10.4. The summed E-state index contributed by atoms with van der Waals surface area (Å²) < 4.78 is 86.5. The molecular formula is C56H82N6O24P4S3. The number of phosphoric ester groups is 1. The molecule has 30 nitrogen and oxygen atoms in total. The number of primary amides is 1. The van der Waals surface area contributed by atoms with Crippen molar-refractivity contribution >= 4 is 98.4 Å². The number of phosphoric acid groups is 1. The molecule has 8 rings (SSSR count). The number of nitrogens with zero attached hydrogens (tertiary/aromatic N) is 4. The molecule has 37 heteroatoms. The number of aromatic nitrogens is 3. The Balaban J connectivity index is 0.682. The topological polar surface area (TPSA) is 396 Å². The van der Waals surface area contributed by atoms with Crippen molar-refractivity contribution in [3.63, 3.8) is 0 Å². The average molecular weight is 1440 g/mol. The normalized spacial score (nSPS) is 24.9. The fourth-order valence-electron chi connectivity index (χ4n) is 11.0. The van der Waals surface area contributed by atoms with Crippen LogP contribution in [0.2, 0.25) is 0 Å². The van der Waals surface area contributed by atoms with E-state index >= 15 is 0 Å². The molecule has 518 valence electrons. The Morgan fingerprint density at radius 1 is 0.656 bits per heavy atom. The van der Waals surface area contributed by atoms with Crippen LogP contribution in [0.1, 0.15) is 102 Å². The predicted octanol–water partition coefficient (Wildman–Crippen LogP) is 5.01. The molecule has 4 fully saturated rings. The molecule has 2 aromatic carbocycles. The van der Waals surface area contributed by atoms with Crippen molar-refractivity contribution in [3.05, 3.63) is 54.1 Å². The summed E-state index contributed by atoms with van der Waals surface area (Å²) in [7, 11) is -4.71. The molecule has 3 amide bonds. The Labute approximate surface area is 553 Å².